The highest BCUT2D eigenvalue weighted by molar-refractivity contribution is 5.85. The Hall–Kier alpha value is -0.970. The van der Waals surface area contributed by atoms with Crippen molar-refractivity contribution in [3.63, 3.8) is 0 Å². The fourth-order valence-corrected chi connectivity index (χ4v) is 1.81. The van der Waals surface area contributed by atoms with E-state index in [1.54, 1.807) is 20.3 Å². The summed E-state index contributed by atoms with van der Waals surface area (Å²) in [5.41, 5.74) is 6.81. The summed E-state index contributed by atoms with van der Waals surface area (Å²) in [7, 11) is 3.18. The van der Waals surface area contributed by atoms with Crippen LogP contribution in [0.15, 0.2) is 18.2 Å². The number of aliphatic hydroxyl groups excluding tert-OH is 1. The van der Waals surface area contributed by atoms with Crippen LogP contribution < -0.4 is 15.2 Å². The van der Waals surface area contributed by atoms with E-state index in [1.165, 1.54) is 0 Å². The SMILES string of the molecule is COc1ccc([C@H](O)C[C@H](N)C(C)(C)C)c(OC)c1.Cl. The van der Waals surface area contributed by atoms with E-state index in [2.05, 4.69) is 20.8 Å². The number of rotatable bonds is 5. The molecule has 20 heavy (non-hydrogen) atoms. The maximum absolute atomic E-state index is 10.3. The van der Waals surface area contributed by atoms with Gasteiger partial charge in [-0.3, -0.25) is 0 Å². The van der Waals surface area contributed by atoms with Crippen molar-refractivity contribution in [2.75, 3.05) is 14.2 Å². The van der Waals surface area contributed by atoms with Gasteiger partial charge in [0.1, 0.15) is 11.5 Å². The smallest absolute Gasteiger partial charge is 0.128 e. The lowest BCUT2D eigenvalue weighted by atomic mass is 9.83. The zero-order chi connectivity index (χ0) is 14.6. The van der Waals surface area contributed by atoms with Gasteiger partial charge in [-0.25, -0.2) is 0 Å². The number of aliphatic hydroxyl groups is 1. The third kappa shape index (κ3) is 4.85. The minimum Gasteiger partial charge on any atom is -0.497 e. The molecule has 0 aromatic heterocycles. The molecule has 0 saturated carbocycles. The quantitative estimate of drug-likeness (QED) is 0.878. The first-order valence-corrected chi connectivity index (χ1v) is 6.45. The van der Waals surface area contributed by atoms with Gasteiger partial charge >= 0.3 is 0 Å². The standard InChI is InChI=1S/C15H25NO3.ClH/c1-15(2,3)14(16)9-12(17)11-7-6-10(18-4)8-13(11)19-5;/h6-8,12,14,17H,9,16H2,1-5H3;1H/t12-,14+;/m1./s1. The molecule has 0 bridgehead atoms. The Morgan fingerprint density at radius 1 is 1.20 bits per heavy atom. The molecule has 0 heterocycles. The fraction of sp³-hybridized carbons (Fsp3) is 0.600. The van der Waals surface area contributed by atoms with Crippen molar-refractivity contribution in [3.05, 3.63) is 23.8 Å². The van der Waals surface area contributed by atoms with Gasteiger partial charge in [0.25, 0.3) is 0 Å². The second kappa shape index (κ2) is 7.72. The summed E-state index contributed by atoms with van der Waals surface area (Å²) in [5.74, 6) is 1.32. The second-order valence-corrected chi connectivity index (χ2v) is 5.83. The van der Waals surface area contributed by atoms with E-state index >= 15 is 0 Å². The number of hydrogen-bond donors (Lipinski definition) is 2. The van der Waals surface area contributed by atoms with Gasteiger partial charge in [-0.05, 0) is 24.0 Å². The predicted octanol–water partition coefficient (Wildman–Crippen LogP) is 2.92. The maximum atomic E-state index is 10.3. The van der Waals surface area contributed by atoms with Gasteiger partial charge < -0.3 is 20.3 Å². The molecule has 4 nitrogen and oxygen atoms in total. The minimum atomic E-state index is -0.643. The molecule has 2 atom stereocenters. The van der Waals surface area contributed by atoms with E-state index < -0.39 is 6.10 Å². The molecule has 0 aliphatic heterocycles. The van der Waals surface area contributed by atoms with Crippen LogP contribution in [0.4, 0.5) is 0 Å². The van der Waals surface area contributed by atoms with Crippen molar-refractivity contribution < 1.29 is 14.6 Å². The van der Waals surface area contributed by atoms with E-state index in [1.807, 2.05) is 12.1 Å². The lowest BCUT2D eigenvalue weighted by Gasteiger charge is -2.29. The molecule has 3 N–H and O–H groups in total. The van der Waals surface area contributed by atoms with Gasteiger partial charge in [0.2, 0.25) is 0 Å². The average Bonchev–Trinajstić information content (AvgIpc) is 2.36. The average molecular weight is 304 g/mol. The Kier molecular flexibility index (Phi) is 7.34. The van der Waals surface area contributed by atoms with Crippen LogP contribution in [0, 0.1) is 5.41 Å². The lowest BCUT2D eigenvalue weighted by molar-refractivity contribution is 0.130. The van der Waals surface area contributed by atoms with Crippen LogP contribution in [0.2, 0.25) is 0 Å². The third-order valence-corrected chi connectivity index (χ3v) is 3.39. The summed E-state index contributed by atoms with van der Waals surface area (Å²) in [6.45, 7) is 6.20. The van der Waals surface area contributed by atoms with Crippen molar-refractivity contribution >= 4 is 12.4 Å². The molecular weight excluding hydrogens is 278 g/mol. The molecule has 1 rings (SSSR count). The molecule has 116 valence electrons. The maximum Gasteiger partial charge on any atom is 0.128 e. The van der Waals surface area contributed by atoms with Crippen LogP contribution in [0.25, 0.3) is 0 Å². The predicted molar refractivity (Wildman–Crippen MR) is 83.8 cm³/mol. The minimum absolute atomic E-state index is 0. The second-order valence-electron chi connectivity index (χ2n) is 5.83. The van der Waals surface area contributed by atoms with Gasteiger partial charge in [-0.2, -0.15) is 0 Å². The first kappa shape index (κ1) is 19.0. The summed E-state index contributed by atoms with van der Waals surface area (Å²) in [6.07, 6.45) is -0.151. The Bertz CT molecular complexity index is 418. The van der Waals surface area contributed by atoms with Crippen molar-refractivity contribution in [1.82, 2.24) is 0 Å². The van der Waals surface area contributed by atoms with Gasteiger partial charge in [0.15, 0.2) is 0 Å². The molecule has 1 aromatic carbocycles. The fourth-order valence-electron chi connectivity index (χ4n) is 1.81. The Morgan fingerprint density at radius 2 is 1.80 bits per heavy atom. The van der Waals surface area contributed by atoms with E-state index in [0.29, 0.717) is 17.9 Å². The summed E-state index contributed by atoms with van der Waals surface area (Å²) in [4.78, 5) is 0. The number of halogens is 1. The van der Waals surface area contributed by atoms with Crippen molar-refractivity contribution in [2.24, 2.45) is 11.1 Å². The lowest BCUT2D eigenvalue weighted by Crippen LogP contribution is -2.36. The first-order chi connectivity index (χ1) is 8.79. The van der Waals surface area contributed by atoms with Crippen LogP contribution in [0.3, 0.4) is 0 Å². The zero-order valence-corrected chi connectivity index (χ0v) is 13.7. The first-order valence-electron chi connectivity index (χ1n) is 6.45. The Balaban J connectivity index is 0.00000361. The van der Waals surface area contributed by atoms with Crippen LogP contribution in [0.1, 0.15) is 38.9 Å². The van der Waals surface area contributed by atoms with Gasteiger partial charge in [0.05, 0.1) is 20.3 Å². The molecule has 5 heteroatoms. The van der Waals surface area contributed by atoms with Gasteiger partial charge in [-0.1, -0.05) is 20.8 Å². The molecule has 0 fully saturated rings. The van der Waals surface area contributed by atoms with Crippen LogP contribution in [0.5, 0.6) is 11.5 Å². The van der Waals surface area contributed by atoms with E-state index in [4.69, 9.17) is 15.2 Å². The Morgan fingerprint density at radius 3 is 2.25 bits per heavy atom. The van der Waals surface area contributed by atoms with Gasteiger partial charge in [-0.15, -0.1) is 12.4 Å². The van der Waals surface area contributed by atoms with E-state index in [-0.39, 0.29) is 23.9 Å². The highest BCUT2D eigenvalue weighted by atomic mass is 35.5. The molecule has 1 aromatic rings. The van der Waals surface area contributed by atoms with Crippen molar-refractivity contribution in [3.8, 4) is 11.5 Å². The zero-order valence-electron chi connectivity index (χ0n) is 12.8. The summed E-state index contributed by atoms with van der Waals surface area (Å²) < 4.78 is 10.4. The highest BCUT2D eigenvalue weighted by Crippen LogP contribution is 2.33. The number of nitrogens with two attached hydrogens (primary N) is 1. The normalized spacial score (nSPS) is 14.2. The third-order valence-electron chi connectivity index (χ3n) is 3.39. The summed E-state index contributed by atoms with van der Waals surface area (Å²) >= 11 is 0. The molecule has 0 amide bonds. The molecule has 0 spiro atoms. The van der Waals surface area contributed by atoms with Crippen molar-refractivity contribution in [1.29, 1.82) is 0 Å². The van der Waals surface area contributed by atoms with Crippen LogP contribution in [-0.4, -0.2) is 25.4 Å². The van der Waals surface area contributed by atoms with E-state index in [0.717, 1.165) is 5.56 Å². The van der Waals surface area contributed by atoms with Crippen LogP contribution in [-0.2, 0) is 0 Å². The van der Waals surface area contributed by atoms with Gasteiger partial charge in [0, 0.05) is 17.7 Å². The number of ether oxygens (including phenoxy) is 2. The molecule has 0 radical (unpaired) electrons. The molecule has 0 aliphatic carbocycles. The topological polar surface area (TPSA) is 64.7 Å². The summed E-state index contributed by atoms with van der Waals surface area (Å²) in [5, 5.41) is 10.3. The largest absolute Gasteiger partial charge is 0.497 e. The number of methoxy groups -OCH3 is 2. The highest BCUT2D eigenvalue weighted by Gasteiger charge is 2.25. The molecule has 0 aliphatic rings. The van der Waals surface area contributed by atoms with Crippen LogP contribution >= 0.6 is 12.4 Å². The molecular formula is C15H26ClNO3. The number of benzene rings is 1. The van der Waals surface area contributed by atoms with Crippen molar-refractivity contribution in [2.45, 2.75) is 39.3 Å². The monoisotopic (exact) mass is 303 g/mol. The molecule has 0 unspecified atom stereocenters. The molecule has 0 saturated heterocycles. The van der Waals surface area contributed by atoms with E-state index in [9.17, 15) is 5.11 Å². The number of hydrogen-bond acceptors (Lipinski definition) is 4. The summed E-state index contributed by atoms with van der Waals surface area (Å²) in [6, 6.07) is 5.30. The Labute approximate surface area is 127 Å².